The summed E-state index contributed by atoms with van der Waals surface area (Å²) in [7, 11) is 0. The zero-order valence-corrected chi connectivity index (χ0v) is 14.9. The second-order valence-electron chi connectivity index (χ2n) is 6.47. The maximum absolute atomic E-state index is 6.02. The van der Waals surface area contributed by atoms with Crippen molar-refractivity contribution in [2.75, 3.05) is 24.6 Å². The Labute approximate surface area is 147 Å². The highest BCUT2D eigenvalue weighted by atomic mass is 16.5. The normalized spacial score (nSPS) is 18.0. The van der Waals surface area contributed by atoms with E-state index in [-0.39, 0.29) is 6.10 Å². The summed E-state index contributed by atoms with van der Waals surface area (Å²) in [5, 5.41) is 9.54. The third-order valence-corrected chi connectivity index (χ3v) is 5.00. The van der Waals surface area contributed by atoms with Gasteiger partial charge in [-0.15, -0.1) is 10.2 Å². The summed E-state index contributed by atoms with van der Waals surface area (Å²) in [5.41, 5.74) is 4.61. The number of aromatic nitrogens is 4. The van der Waals surface area contributed by atoms with Crippen LogP contribution in [-0.4, -0.2) is 39.4 Å². The van der Waals surface area contributed by atoms with Crippen LogP contribution in [0.4, 0.5) is 5.69 Å². The molecule has 2 aromatic heterocycles. The van der Waals surface area contributed by atoms with Gasteiger partial charge in [-0.05, 0) is 32.4 Å². The van der Waals surface area contributed by atoms with Gasteiger partial charge in [0, 0.05) is 24.2 Å². The van der Waals surface area contributed by atoms with E-state index in [2.05, 4.69) is 58.6 Å². The standard InChI is InChI=1S/C19H23N5O/c1-4-23-12-20-22-19(23)17-11-24(9-10-25-17)18-13(2)14(3)21-16-8-6-5-7-15(16)18/h5-8,12,17H,4,9-11H2,1-3H3. The fourth-order valence-corrected chi connectivity index (χ4v) is 3.58. The first-order valence-electron chi connectivity index (χ1n) is 8.79. The number of anilines is 1. The summed E-state index contributed by atoms with van der Waals surface area (Å²) >= 11 is 0. The number of para-hydroxylation sites is 1. The maximum Gasteiger partial charge on any atom is 0.163 e. The minimum atomic E-state index is -0.0668. The monoisotopic (exact) mass is 337 g/mol. The van der Waals surface area contributed by atoms with Crippen molar-refractivity contribution in [3.63, 3.8) is 0 Å². The second-order valence-corrected chi connectivity index (χ2v) is 6.47. The lowest BCUT2D eigenvalue weighted by Gasteiger charge is -2.35. The van der Waals surface area contributed by atoms with Crippen molar-refractivity contribution < 1.29 is 4.74 Å². The molecule has 1 atom stereocenters. The number of aryl methyl sites for hydroxylation is 2. The molecule has 1 aliphatic rings. The Balaban J connectivity index is 1.75. The molecule has 1 aliphatic heterocycles. The summed E-state index contributed by atoms with van der Waals surface area (Å²) in [6, 6.07) is 8.35. The topological polar surface area (TPSA) is 56.1 Å². The van der Waals surface area contributed by atoms with Crippen LogP contribution in [0.5, 0.6) is 0 Å². The quantitative estimate of drug-likeness (QED) is 0.735. The fraction of sp³-hybridized carbons (Fsp3) is 0.421. The zero-order chi connectivity index (χ0) is 17.4. The molecular weight excluding hydrogens is 314 g/mol. The molecule has 3 aromatic rings. The van der Waals surface area contributed by atoms with E-state index >= 15 is 0 Å². The van der Waals surface area contributed by atoms with Crippen molar-refractivity contribution in [1.82, 2.24) is 19.7 Å². The molecular formula is C19H23N5O. The van der Waals surface area contributed by atoms with Crippen molar-refractivity contribution in [2.24, 2.45) is 0 Å². The number of hydrogen-bond donors (Lipinski definition) is 0. The predicted octanol–water partition coefficient (Wildman–Crippen LogP) is 3.04. The zero-order valence-electron chi connectivity index (χ0n) is 14.9. The molecule has 3 heterocycles. The van der Waals surface area contributed by atoms with E-state index in [1.165, 1.54) is 16.6 Å². The van der Waals surface area contributed by atoms with Crippen LogP contribution in [0.25, 0.3) is 10.9 Å². The van der Waals surface area contributed by atoms with Crippen molar-refractivity contribution >= 4 is 16.6 Å². The highest BCUT2D eigenvalue weighted by molar-refractivity contribution is 5.93. The predicted molar refractivity (Wildman–Crippen MR) is 97.8 cm³/mol. The molecule has 0 saturated carbocycles. The van der Waals surface area contributed by atoms with Gasteiger partial charge in [-0.2, -0.15) is 0 Å². The first kappa shape index (κ1) is 16.0. The molecule has 25 heavy (non-hydrogen) atoms. The van der Waals surface area contributed by atoms with Crippen molar-refractivity contribution in [3.8, 4) is 0 Å². The number of morpholine rings is 1. The molecule has 1 unspecified atom stereocenters. The smallest absolute Gasteiger partial charge is 0.163 e. The Kier molecular flexibility index (Phi) is 4.13. The van der Waals surface area contributed by atoms with E-state index in [0.29, 0.717) is 6.61 Å². The third-order valence-electron chi connectivity index (χ3n) is 5.00. The molecule has 0 radical (unpaired) electrons. The van der Waals surface area contributed by atoms with Gasteiger partial charge in [-0.25, -0.2) is 0 Å². The lowest BCUT2D eigenvalue weighted by Crippen LogP contribution is -2.40. The minimum Gasteiger partial charge on any atom is -0.367 e. The summed E-state index contributed by atoms with van der Waals surface area (Å²) < 4.78 is 8.07. The molecule has 0 spiro atoms. The van der Waals surface area contributed by atoms with Crippen molar-refractivity contribution in [2.45, 2.75) is 33.4 Å². The molecule has 6 heteroatoms. The largest absolute Gasteiger partial charge is 0.367 e. The lowest BCUT2D eigenvalue weighted by atomic mass is 10.0. The van der Waals surface area contributed by atoms with Gasteiger partial charge in [0.05, 0.1) is 24.4 Å². The summed E-state index contributed by atoms with van der Waals surface area (Å²) in [6.45, 7) is 9.49. The molecule has 130 valence electrons. The van der Waals surface area contributed by atoms with Crippen LogP contribution in [-0.2, 0) is 11.3 Å². The lowest BCUT2D eigenvalue weighted by molar-refractivity contribution is 0.0317. The Morgan fingerprint density at radius 2 is 2.08 bits per heavy atom. The number of nitrogens with zero attached hydrogens (tertiary/aromatic N) is 5. The van der Waals surface area contributed by atoms with Gasteiger partial charge in [0.25, 0.3) is 0 Å². The van der Waals surface area contributed by atoms with E-state index in [1.54, 1.807) is 6.33 Å². The SMILES string of the molecule is CCn1cnnc1C1CN(c2c(C)c(C)nc3ccccc23)CCO1. The third kappa shape index (κ3) is 2.76. The average molecular weight is 337 g/mol. The van der Waals surface area contributed by atoms with E-state index in [1.807, 2.05) is 6.07 Å². The molecule has 1 aromatic carbocycles. The number of benzene rings is 1. The van der Waals surface area contributed by atoms with Gasteiger partial charge >= 0.3 is 0 Å². The van der Waals surface area contributed by atoms with Gasteiger partial charge in [-0.1, -0.05) is 18.2 Å². The second kappa shape index (κ2) is 6.44. The number of hydrogen-bond acceptors (Lipinski definition) is 5. The van der Waals surface area contributed by atoms with Crippen molar-refractivity contribution in [3.05, 3.63) is 47.7 Å². The summed E-state index contributed by atoms with van der Waals surface area (Å²) in [6.07, 6.45) is 1.71. The minimum absolute atomic E-state index is 0.0668. The average Bonchev–Trinajstić information content (AvgIpc) is 3.12. The molecule has 4 rings (SSSR count). The first-order chi connectivity index (χ1) is 12.2. The van der Waals surface area contributed by atoms with Crippen LogP contribution in [0.15, 0.2) is 30.6 Å². The molecule has 0 aliphatic carbocycles. The Bertz CT molecular complexity index is 904. The maximum atomic E-state index is 6.02. The van der Waals surface area contributed by atoms with Crippen molar-refractivity contribution in [1.29, 1.82) is 0 Å². The Morgan fingerprint density at radius 1 is 1.24 bits per heavy atom. The molecule has 1 saturated heterocycles. The fourth-order valence-electron chi connectivity index (χ4n) is 3.58. The highest BCUT2D eigenvalue weighted by Crippen LogP contribution is 2.34. The molecule has 0 N–H and O–H groups in total. The first-order valence-corrected chi connectivity index (χ1v) is 8.79. The van der Waals surface area contributed by atoms with E-state index in [4.69, 9.17) is 9.72 Å². The number of rotatable bonds is 3. The molecule has 0 amide bonds. The van der Waals surface area contributed by atoms with Gasteiger partial charge in [-0.3, -0.25) is 4.98 Å². The van der Waals surface area contributed by atoms with Gasteiger partial charge in [0.2, 0.25) is 0 Å². The van der Waals surface area contributed by atoms with Crippen LogP contribution in [0.1, 0.15) is 30.1 Å². The number of ether oxygens (including phenoxy) is 1. The van der Waals surface area contributed by atoms with Crippen LogP contribution >= 0.6 is 0 Å². The van der Waals surface area contributed by atoms with Crippen LogP contribution < -0.4 is 4.90 Å². The van der Waals surface area contributed by atoms with Gasteiger partial charge < -0.3 is 14.2 Å². The molecule has 6 nitrogen and oxygen atoms in total. The summed E-state index contributed by atoms with van der Waals surface area (Å²) in [4.78, 5) is 7.15. The van der Waals surface area contributed by atoms with Gasteiger partial charge in [0.1, 0.15) is 12.4 Å². The number of pyridine rings is 1. The molecule has 0 bridgehead atoms. The van der Waals surface area contributed by atoms with Crippen LogP contribution in [0.3, 0.4) is 0 Å². The highest BCUT2D eigenvalue weighted by Gasteiger charge is 2.28. The number of fused-ring (bicyclic) bond motifs is 1. The van der Waals surface area contributed by atoms with Gasteiger partial charge in [0.15, 0.2) is 5.82 Å². The van der Waals surface area contributed by atoms with E-state index < -0.39 is 0 Å². The van der Waals surface area contributed by atoms with E-state index in [9.17, 15) is 0 Å². The Hall–Kier alpha value is -2.47. The Morgan fingerprint density at radius 3 is 2.92 bits per heavy atom. The van der Waals surface area contributed by atoms with Crippen LogP contribution in [0, 0.1) is 13.8 Å². The van der Waals surface area contributed by atoms with Crippen LogP contribution in [0.2, 0.25) is 0 Å². The molecule has 1 fully saturated rings. The van der Waals surface area contributed by atoms with E-state index in [0.717, 1.165) is 36.7 Å². The summed E-state index contributed by atoms with van der Waals surface area (Å²) in [5.74, 6) is 0.903.